The first kappa shape index (κ1) is 22.1. The van der Waals surface area contributed by atoms with E-state index in [0.29, 0.717) is 6.54 Å². The highest BCUT2D eigenvalue weighted by Gasteiger charge is 2.41. The molecule has 1 unspecified atom stereocenters. The quantitative estimate of drug-likeness (QED) is 0.662. The fourth-order valence-electron chi connectivity index (χ4n) is 3.25. The van der Waals surface area contributed by atoms with Crippen LogP contribution in [0.15, 0.2) is 29.8 Å². The van der Waals surface area contributed by atoms with Crippen LogP contribution in [-0.2, 0) is 15.8 Å². The summed E-state index contributed by atoms with van der Waals surface area (Å²) in [5.41, 5.74) is 5.19. The molecule has 1 aromatic carbocycles. The average molecular weight is 432 g/mol. The second-order valence-electron chi connectivity index (χ2n) is 9.38. The lowest BCUT2D eigenvalue weighted by Crippen LogP contribution is -2.44. The summed E-state index contributed by atoms with van der Waals surface area (Å²) in [6.45, 7) is 14.6. The Hall–Kier alpha value is -1.54. The maximum absolute atomic E-state index is 12.6. The SMILES string of the molecule is Cc1ncsc1-c1ccc(CNC(=O)[C@@H]2CC(O[Si](C)(C)C(C)(C)C)CN2)cc1. The number of rotatable bonds is 6. The summed E-state index contributed by atoms with van der Waals surface area (Å²) >= 11 is 1.65. The number of amides is 1. The molecule has 0 aliphatic carbocycles. The van der Waals surface area contributed by atoms with Gasteiger partial charge in [-0.1, -0.05) is 45.0 Å². The summed E-state index contributed by atoms with van der Waals surface area (Å²) in [6.07, 6.45) is 0.857. The lowest BCUT2D eigenvalue weighted by atomic mass is 10.1. The van der Waals surface area contributed by atoms with E-state index in [1.54, 1.807) is 11.3 Å². The number of aryl methyl sites for hydroxylation is 1. The number of carbonyl (C=O) groups excluding carboxylic acids is 1. The number of hydrogen-bond donors (Lipinski definition) is 2. The van der Waals surface area contributed by atoms with Gasteiger partial charge in [-0.3, -0.25) is 4.79 Å². The lowest BCUT2D eigenvalue weighted by Gasteiger charge is -2.38. The first-order valence-electron chi connectivity index (χ1n) is 10.2. The van der Waals surface area contributed by atoms with E-state index in [4.69, 9.17) is 4.43 Å². The first-order chi connectivity index (χ1) is 13.6. The Morgan fingerprint density at radius 3 is 2.59 bits per heavy atom. The Morgan fingerprint density at radius 2 is 2.00 bits per heavy atom. The molecule has 1 aliphatic rings. The van der Waals surface area contributed by atoms with Crippen LogP contribution in [0.1, 0.15) is 38.4 Å². The smallest absolute Gasteiger partial charge is 0.237 e. The van der Waals surface area contributed by atoms with Gasteiger partial charge in [-0.2, -0.15) is 0 Å². The Labute approximate surface area is 179 Å². The lowest BCUT2D eigenvalue weighted by molar-refractivity contribution is -0.123. The van der Waals surface area contributed by atoms with E-state index in [1.165, 1.54) is 10.4 Å². The molecule has 1 amide bonds. The Morgan fingerprint density at radius 1 is 1.31 bits per heavy atom. The largest absolute Gasteiger partial charge is 0.413 e. The minimum Gasteiger partial charge on any atom is -0.413 e. The van der Waals surface area contributed by atoms with E-state index >= 15 is 0 Å². The van der Waals surface area contributed by atoms with Crippen molar-refractivity contribution in [1.29, 1.82) is 0 Å². The highest BCUT2D eigenvalue weighted by atomic mass is 32.1. The van der Waals surface area contributed by atoms with Gasteiger partial charge in [-0.05, 0) is 42.6 Å². The van der Waals surface area contributed by atoms with Crippen LogP contribution in [-0.4, -0.2) is 37.9 Å². The summed E-state index contributed by atoms with van der Waals surface area (Å²) < 4.78 is 6.46. The average Bonchev–Trinajstić information content (AvgIpc) is 3.28. The molecule has 29 heavy (non-hydrogen) atoms. The van der Waals surface area contributed by atoms with Crippen LogP contribution in [0.5, 0.6) is 0 Å². The molecule has 1 saturated heterocycles. The summed E-state index contributed by atoms with van der Waals surface area (Å²) in [5, 5.41) is 6.57. The summed E-state index contributed by atoms with van der Waals surface area (Å²) in [7, 11) is -1.81. The predicted molar refractivity (Wildman–Crippen MR) is 123 cm³/mol. The Kier molecular flexibility index (Phi) is 6.63. The monoisotopic (exact) mass is 431 g/mol. The number of carbonyl (C=O) groups is 1. The maximum atomic E-state index is 12.6. The molecule has 0 bridgehead atoms. The van der Waals surface area contributed by atoms with Crippen molar-refractivity contribution < 1.29 is 9.22 Å². The van der Waals surface area contributed by atoms with Gasteiger partial charge in [0, 0.05) is 13.1 Å². The van der Waals surface area contributed by atoms with Crippen molar-refractivity contribution in [2.75, 3.05) is 6.54 Å². The summed E-state index contributed by atoms with van der Waals surface area (Å²) in [5.74, 6) is 0.0497. The maximum Gasteiger partial charge on any atom is 0.237 e. The van der Waals surface area contributed by atoms with Crippen molar-refractivity contribution in [3.05, 3.63) is 41.0 Å². The topological polar surface area (TPSA) is 63.2 Å². The number of nitrogens with one attached hydrogen (secondary N) is 2. The van der Waals surface area contributed by atoms with Gasteiger partial charge in [-0.15, -0.1) is 11.3 Å². The molecule has 0 radical (unpaired) electrons. The zero-order chi connectivity index (χ0) is 21.2. The van der Waals surface area contributed by atoms with Crippen LogP contribution in [0.3, 0.4) is 0 Å². The second-order valence-corrected chi connectivity index (χ2v) is 15.0. The van der Waals surface area contributed by atoms with Gasteiger partial charge in [0.1, 0.15) is 0 Å². The van der Waals surface area contributed by atoms with E-state index in [0.717, 1.165) is 24.2 Å². The fourth-order valence-corrected chi connectivity index (χ4v) is 5.43. The molecule has 2 atom stereocenters. The number of benzene rings is 1. The van der Waals surface area contributed by atoms with E-state index < -0.39 is 8.32 Å². The normalized spacial score (nSPS) is 20.1. The van der Waals surface area contributed by atoms with Gasteiger partial charge in [0.25, 0.3) is 0 Å². The van der Waals surface area contributed by atoms with Gasteiger partial charge in [0.15, 0.2) is 8.32 Å². The van der Waals surface area contributed by atoms with Crippen molar-refractivity contribution in [1.82, 2.24) is 15.6 Å². The number of hydrogen-bond acceptors (Lipinski definition) is 5. The highest BCUT2D eigenvalue weighted by molar-refractivity contribution is 7.13. The summed E-state index contributed by atoms with van der Waals surface area (Å²) in [4.78, 5) is 18.1. The van der Waals surface area contributed by atoms with Gasteiger partial charge >= 0.3 is 0 Å². The van der Waals surface area contributed by atoms with Gasteiger partial charge in [-0.25, -0.2) is 4.98 Å². The highest BCUT2D eigenvalue weighted by Crippen LogP contribution is 2.38. The molecule has 5 nitrogen and oxygen atoms in total. The molecular formula is C22H33N3O2SSi. The van der Waals surface area contributed by atoms with Crippen LogP contribution in [0.2, 0.25) is 18.1 Å². The van der Waals surface area contributed by atoms with Crippen LogP contribution in [0.4, 0.5) is 0 Å². The molecule has 7 heteroatoms. The van der Waals surface area contributed by atoms with Crippen LogP contribution in [0.25, 0.3) is 10.4 Å². The molecule has 3 rings (SSSR count). The van der Waals surface area contributed by atoms with Crippen LogP contribution >= 0.6 is 11.3 Å². The van der Waals surface area contributed by atoms with Crippen LogP contribution < -0.4 is 10.6 Å². The van der Waals surface area contributed by atoms with E-state index in [-0.39, 0.29) is 23.1 Å². The number of thiazole rings is 1. The molecule has 1 fully saturated rings. The molecule has 2 heterocycles. The predicted octanol–water partition coefficient (Wildman–Crippen LogP) is 4.49. The number of nitrogens with zero attached hydrogens (tertiary/aromatic N) is 1. The van der Waals surface area contributed by atoms with Gasteiger partial charge in [0.2, 0.25) is 5.91 Å². The van der Waals surface area contributed by atoms with Gasteiger partial charge < -0.3 is 15.1 Å². The minimum absolute atomic E-state index is 0.0497. The molecule has 0 spiro atoms. The molecule has 158 valence electrons. The molecule has 2 aromatic rings. The number of aromatic nitrogens is 1. The third-order valence-corrected chi connectivity index (χ3v) is 11.6. The standard InChI is InChI=1S/C22H33N3O2SSi/c1-15-20(28-14-25-15)17-9-7-16(8-10-17)12-24-21(26)19-11-18(13-23-19)27-29(5,6)22(2,3)4/h7-10,14,18-19,23H,11-13H2,1-6H3,(H,24,26)/t18?,19-/m0/s1. The van der Waals surface area contributed by atoms with Crippen molar-refractivity contribution in [3.63, 3.8) is 0 Å². The van der Waals surface area contributed by atoms with Crippen molar-refractivity contribution in [3.8, 4) is 10.4 Å². The van der Waals surface area contributed by atoms with Crippen LogP contribution in [0, 0.1) is 6.92 Å². The fraction of sp³-hybridized carbons (Fsp3) is 0.545. The molecule has 0 saturated carbocycles. The first-order valence-corrected chi connectivity index (χ1v) is 14.0. The van der Waals surface area contributed by atoms with E-state index in [1.807, 2.05) is 12.4 Å². The van der Waals surface area contributed by atoms with Crippen molar-refractivity contribution in [2.24, 2.45) is 0 Å². The second kappa shape index (κ2) is 8.68. The van der Waals surface area contributed by atoms with E-state index in [9.17, 15) is 4.79 Å². The zero-order valence-electron chi connectivity index (χ0n) is 18.3. The summed E-state index contributed by atoms with van der Waals surface area (Å²) in [6, 6.07) is 8.15. The van der Waals surface area contributed by atoms with Crippen molar-refractivity contribution in [2.45, 2.75) is 70.9 Å². The zero-order valence-corrected chi connectivity index (χ0v) is 20.2. The molecule has 1 aromatic heterocycles. The third-order valence-electron chi connectivity index (χ3n) is 6.10. The minimum atomic E-state index is -1.81. The molecular weight excluding hydrogens is 398 g/mol. The molecule has 1 aliphatic heterocycles. The van der Waals surface area contributed by atoms with Crippen molar-refractivity contribution >= 4 is 25.6 Å². The van der Waals surface area contributed by atoms with Gasteiger partial charge in [0.05, 0.1) is 28.2 Å². The van der Waals surface area contributed by atoms with E-state index in [2.05, 4.69) is 73.7 Å². The Bertz CT molecular complexity index is 842. The Balaban J connectivity index is 1.49. The third kappa shape index (κ3) is 5.34. The molecule has 2 N–H and O–H groups in total.